The molecule has 0 saturated carbocycles. The van der Waals surface area contributed by atoms with Crippen LogP contribution in [-0.2, 0) is 16.4 Å². The zero-order valence-electron chi connectivity index (χ0n) is 11.9. The second-order valence-electron chi connectivity index (χ2n) is 4.85. The van der Waals surface area contributed by atoms with Crippen molar-refractivity contribution in [3.05, 3.63) is 52.8 Å². The number of aromatic nitrogens is 1. The number of pyridine rings is 1. The standard InChI is InChI=1S/C15H17ClN2O2S/c1-3-4-12-5-7-13(8-6-12)21(19,20)18-14-9-11(2)10-17-15(14)16/h5-10,18H,3-4H2,1-2H3. The van der Waals surface area contributed by atoms with E-state index in [4.69, 9.17) is 11.6 Å². The van der Waals surface area contributed by atoms with Gasteiger partial charge in [-0.1, -0.05) is 37.1 Å². The van der Waals surface area contributed by atoms with E-state index in [2.05, 4.69) is 16.6 Å². The minimum absolute atomic E-state index is 0.131. The molecule has 6 heteroatoms. The molecule has 1 N–H and O–H groups in total. The molecule has 2 rings (SSSR count). The summed E-state index contributed by atoms with van der Waals surface area (Å²) in [5.41, 5.74) is 2.23. The Kier molecular flexibility index (Phi) is 4.85. The number of sulfonamides is 1. The van der Waals surface area contributed by atoms with Crippen molar-refractivity contribution in [3.8, 4) is 0 Å². The lowest BCUT2D eigenvalue weighted by Crippen LogP contribution is -2.13. The topological polar surface area (TPSA) is 59.1 Å². The van der Waals surface area contributed by atoms with Crippen LogP contribution in [0.15, 0.2) is 41.4 Å². The first kappa shape index (κ1) is 15.8. The Morgan fingerprint density at radius 1 is 1.24 bits per heavy atom. The molecule has 112 valence electrons. The third-order valence-electron chi connectivity index (χ3n) is 2.99. The van der Waals surface area contributed by atoms with Crippen molar-refractivity contribution in [2.75, 3.05) is 4.72 Å². The van der Waals surface area contributed by atoms with Gasteiger partial charge in [-0.15, -0.1) is 0 Å². The third kappa shape index (κ3) is 3.95. The predicted molar refractivity (Wildman–Crippen MR) is 85.2 cm³/mol. The van der Waals surface area contributed by atoms with Crippen molar-refractivity contribution in [1.82, 2.24) is 4.98 Å². The van der Waals surface area contributed by atoms with Crippen molar-refractivity contribution in [3.63, 3.8) is 0 Å². The first-order valence-electron chi connectivity index (χ1n) is 6.66. The van der Waals surface area contributed by atoms with Crippen LogP contribution in [0.5, 0.6) is 0 Å². The molecule has 1 aromatic carbocycles. The summed E-state index contributed by atoms with van der Waals surface area (Å²) in [5.74, 6) is 0. The number of hydrogen-bond donors (Lipinski definition) is 1. The van der Waals surface area contributed by atoms with Gasteiger partial charge in [0.05, 0.1) is 10.6 Å². The minimum Gasteiger partial charge on any atom is -0.276 e. The molecule has 0 atom stereocenters. The summed E-state index contributed by atoms with van der Waals surface area (Å²) in [7, 11) is -3.66. The normalized spacial score (nSPS) is 11.4. The van der Waals surface area contributed by atoms with Gasteiger partial charge in [-0.25, -0.2) is 13.4 Å². The van der Waals surface area contributed by atoms with Gasteiger partial charge in [0.15, 0.2) is 5.15 Å². The van der Waals surface area contributed by atoms with E-state index in [-0.39, 0.29) is 15.7 Å². The Labute approximate surface area is 130 Å². The van der Waals surface area contributed by atoms with Crippen molar-refractivity contribution >= 4 is 27.3 Å². The highest BCUT2D eigenvalue weighted by atomic mass is 35.5. The zero-order valence-corrected chi connectivity index (χ0v) is 13.5. The second-order valence-corrected chi connectivity index (χ2v) is 6.89. The maximum atomic E-state index is 12.3. The number of nitrogens with one attached hydrogen (secondary N) is 1. The second kappa shape index (κ2) is 6.45. The Hall–Kier alpha value is -1.59. The largest absolute Gasteiger partial charge is 0.276 e. The third-order valence-corrected chi connectivity index (χ3v) is 4.68. The van der Waals surface area contributed by atoms with E-state index in [0.717, 1.165) is 24.0 Å². The molecule has 0 saturated heterocycles. The molecule has 0 bridgehead atoms. The van der Waals surface area contributed by atoms with Crippen LogP contribution in [0.2, 0.25) is 5.15 Å². The maximum Gasteiger partial charge on any atom is 0.261 e. The molecule has 4 nitrogen and oxygen atoms in total. The van der Waals surface area contributed by atoms with E-state index in [1.807, 2.05) is 19.1 Å². The van der Waals surface area contributed by atoms with Gasteiger partial charge >= 0.3 is 0 Å². The summed E-state index contributed by atoms with van der Waals surface area (Å²) in [6, 6.07) is 8.51. The molecule has 21 heavy (non-hydrogen) atoms. The summed E-state index contributed by atoms with van der Waals surface area (Å²) in [5, 5.41) is 0.131. The molecule has 1 heterocycles. The maximum absolute atomic E-state index is 12.3. The van der Waals surface area contributed by atoms with Gasteiger partial charge < -0.3 is 0 Å². The average molecular weight is 325 g/mol. The van der Waals surface area contributed by atoms with Gasteiger partial charge in [0.1, 0.15) is 0 Å². The number of anilines is 1. The predicted octanol–water partition coefficient (Wildman–Crippen LogP) is 3.80. The smallest absolute Gasteiger partial charge is 0.261 e. The first-order valence-corrected chi connectivity index (χ1v) is 8.52. The van der Waals surface area contributed by atoms with Gasteiger partial charge in [0.2, 0.25) is 0 Å². The quantitative estimate of drug-likeness (QED) is 0.851. The highest BCUT2D eigenvalue weighted by Gasteiger charge is 2.16. The van der Waals surface area contributed by atoms with E-state index in [1.54, 1.807) is 24.4 Å². The Bertz CT molecular complexity index is 728. The fourth-order valence-corrected chi connectivity index (χ4v) is 3.22. The van der Waals surface area contributed by atoms with Gasteiger partial charge in [-0.2, -0.15) is 0 Å². The van der Waals surface area contributed by atoms with Crippen LogP contribution in [0.1, 0.15) is 24.5 Å². The number of nitrogens with zero attached hydrogens (tertiary/aromatic N) is 1. The summed E-state index contributed by atoms with van der Waals surface area (Å²) in [6.45, 7) is 3.90. The number of benzene rings is 1. The van der Waals surface area contributed by atoms with Crippen LogP contribution >= 0.6 is 11.6 Å². The van der Waals surface area contributed by atoms with E-state index in [9.17, 15) is 8.42 Å². The number of aryl methyl sites for hydroxylation is 2. The fraction of sp³-hybridized carbons (Fsp3) is 0.267. The molecule has 0 aliphatic heterocycles. The molecule has 0 amide bonds. The summed E-state index contributed by atoms with van der Waals surface area (Å²) in [6.07, 6.45) is 3.54. The monoisotopic (exact) mass is 324 g/mol. The van der Waals surface area contributed by atoms with Gasteiger partial charge in [-0.3, -0.25) is 4.72 Å². The number of rotatable bonds is 5. The fourth-order valence-electron chi connectivity index (χ4n) is 1.95. The molecule has 2 aromatic rings. The van der Waals surface area contributed by atoms with E-state index in [0.29, 0.717) is 0 Å². The van der Waals surface area contributed by atoms with Crippen molar-refractivity contribution in [1.29, 1.82) is 0 Å². The Balaban J connectivity index is 2.27. The van der Waals surface area contributed by atoms with E-state index in [1.165, 1.54) is 0 Å². The summed E-state index contributed by atoms with van der Waals surface area (Å²) in [4.78, 5) is 4.14. The van der Waals surface area contributed by atoms with Crippen LogP contribution in [-0.4, -0.2) is 13.4 Å². The van der Waals surface area contributed by atoms with Gasteiger partial charge in [-0.05, 0) is 42.7 Å². The molecule has 1 aromatic heterocycles. The molecule has 0 unspecified atom stereocenters. The summed E-state index contributed by atoms with van der Waals surface area (Å²) >= 11 is 5.92. The van der Waals surface area contributed by atoms with Crippen LogP contribution < -0.4 is 4.72 Å². The lowest BCUT2D eigenvalue weighted by Gasteiger charge is -2.10. The Morgan fingerprint density at radius 3 is 2.52 bits per heavy atom. The van der Waals surface area contributed by atoms with Gasteiger partial charge in [0, 0.05) is 6.20 Å². The molecule has 0 aliphatic carbocycles. The molecular formula is C15H17ClN2O2S. The number of halogens is 1. The first-order chi connectivity index (χ1) is 9.92. The van der Waals surface area contributed by atoms with E-state index >= 15 is 0 Å². The zero-order chi connectivity index (χ0) is 15.5. The lowest BCUT2D eigenvalue weighted by atomic mass is 10.1. The lowest BCUT2D eigenvalue weighted by molar-refractivity contribution is 0.601. The van der Waals surface area contributed by atoms with E-state index < -0.39 is 10.0 Å². The number of hydrogen-bond acceptors (Lipinski definition) is 3. The Morgan fingerprint density at radius 2 is 1.90 bits per heavy atom. The SMILES string of the molecule is CCCc1ccc(S(=O)(=O)Nc2cc(C)cnc2Cl)cc1. The highest BCUT2D eigenvalue weighted by Crippen LogP contribution is 2.23. The van der Waals surface area contributed by atoms with Crippen molar-refractivity contribution < 1.29 is 8.42 Å². The van der Waals surface area contributed by atoms with Crippen LogP contribution in [0, 0.1) is 6.92 Å². The summed E-state index contributed by atoms with van der Waals surface area (Å²) < 4.78 is 27.1. The van der Waals surface area contributed by atoms with Crippen molar-refractivity contribution in [2.45, 2.75) is 31.6 Å². The van der Waals surface area contributed by atoms with Crippen LogP contribution in [0.4, 0.5) is 5.69 Å². The van der Waals surface area contributed by atoms with Crippen molar-refractivity contribution in [2.24, 2.45) is 0 Å². The molecule has 0 fully saturated rings. The average Bonchev–Trinajstić information content (AvgIpc) is 2.44. The molecular weight excluding hydrogens is 308 g/mol. The molecule has 0 spiro atoms. The van der Waals surface area contributed by atoms with Crippen LogP contribution in [0.25, 0.3) is 0 Å². The molecule has 0 radical (unpaired) electrons. The van der Waals surface area contributed by atoms with Crippen LogP contribution in [0.3, 0.4) is 0 Å². The minimum atomic E-state index is -3.66. The van der Waals surface area contributed by atoms with Gasteiger partial charge in [0.25, 0.3) is 10.0 Å². The molecule has 0 aliphatic rings. The highest BCUT2D eigenvalue weighted by molar-refractivity contribution is 7.92.